The Labute approximate surface area is 113 Å². The molecule has 0 unspecified atom stereocenters. The second kappa shape index (κ2) is 6.86. The molecule has 0 fully saturated rings. The Balaban J connectivity index is 0.000000258. The number of nitrogens with zero attached hydrogens (tertiary/aromatic N) is 3. The minimum atomic E-state index is -1.82. The van der Waals surface area contributed by atoms with E-state index >= 15 is 0 Å². The molecule has 8 nitrogen and oxygen atoms in total. The van der Waals surface area contributed by atoms with Gasteiger partial charge in [-0.05, 0) is 29.4 Å². The van der Waals surface area contributed by atoms with E-state index in [4.69, 9.17) is 31.4 Å². The molecule has 2 heterocycles. The van der Waals surface area contributed by atoms with Crippen molar-refractivity contribution >= 4 is 29.1 Å². The minimum Gasteiger partial charge on any atom is -0.473 e. The molecule has 0 bridgehead atoms. The molecule has 0 spiro atoms. The summed E-state index contributed by atoms with van der Waals surface area (Å²) >= 11 is 5.79. The Kier molecular flexibility index (Phi) is 5.46. The van der Waals surface area contributed by atoms with Gasteiger partial charge < -0.3 is 15.1 Å². The van der Waals surface area contributed by atoms with E-state index in [0.717, 1.165) is 25.1 Å². The third kappa shape index (κ3) is 4.68. The first-order chi connectivity index (χ1) is 8.91. The van der Waals surface area contributed by atoms with Crippen LogP contribution in [0, 0.1) is 0 Å². The number of hydrogen-bond donors (Lipinski definition) is 2. The first-order valence-electron chi connectivity index (χ1n) is 5.24. The van der Waals surface area contributed by atoms with Crippen molar-refractivity contribution in [2.45, 2.75) is 6.42 Å². The summed E-state index contributed by atoms with van der Waals surface area (Å²) < 4.78 is 4.54. The summed E-state index contributed by atoms with van der Waals surface area (Å²) in [6, 6.07) is 0. The van der Waals surface area contributed by atoms with Crippen LogP contribution in [0.4, 0.5) is 0 Å². The maximum absolute atomic E-state index is 9.10. The standard InChI is InChI=1S/C8H10ClN3O.C2H2O4/c1-12-4-2-3-6(5-12)7-8(9)11-13-10-7;3-1(4)2(5)6/h3H,2,4-5H2,1H3;(H,3,4)(H,5,6). The van der Waals surface area contributed by atoms with Crippen LogP contribution in [0.2, 0.25) is 5.15 Å². The molecule has 2 rings (SSSR count). The van der Waals surface area contributed by atoms with Crippen molar-refractivity contribution in [2.75, 3.05) is 20.1 Å². The van der Waals surface area contributed by atoms with Gasteiger partial charge in [-0.25, -0.2) is 14.2 Å². The highest BCUT2D eigenvalue weighted by atomic mass is 35.5. The van der Waals surface area contributed by atoms with E-state index in [1.165, 1.54) is 0 Å². The maximum Gasteiger partial charge on any atom is 0.414 e. The molecular weight excluding hydrogens is 278 g/mol. The third-order valence-corrected chi connectivity index (χ3v) is 2.53. The lowest BCUT2D eigenvalue weighted by molar-refractivity contribution is -0.159. The van der Waals surface area contributed by atoms with E-state index in [-0.39, 0.29) is 0 Å². The molecule has 19 heavy (non-hydrogen) atoms. The van der Waals surface area contributed by atoms with E-state index in [9.17, 15) is 0 Å². The molecule has 1 aliphatic rings. The molecule has 1 aromatic rings. The van der Waals surface area contributed by atoms with Crippen molar-refractivity contribution in [3.63, 3.8) is 0 Å². The predicted octanol–water partition coefficient (Wildman–Crippen LogP) is 0.598. The Bertz CT molecular complexity index is 487. The molecule has 0 amide bonds. The lowest BCUT2D eigenvalue weighted by Crippen LogP contribution is -2.25. The molecule has 0 saturated carbocycles. The molecule has 0 aliphatic carbocycles. The van der Waals surface area contributed by atoms with Crippen molar-refractivity contribution in [2.24, 2.45) is 0 Å². The summed E-state index contributed by atoms with van der Waals surface area (Å²) in [5.41, 5.74) is 1.77. The number of halogens is 1. The van der Waals surface area contributed by atoms with E-state index in [0.29, 0.717) is 10.8 Å². The van der Waals surface area contributed by atoms with E-state index in [1.54, 1.807) is 0 Å². The van der Waals surface area contributed by atoms with Crippen LogP contribution in [0.3, 0.4) is 0 Å². The zero-order valence-electron chi connectivity index (χ0n) is 10.0. The third-order valence-electron chi connectivity index (χ3n) is 2.28. The van der Waals surface area contributed by atoms with Gasteiger partial charge in [-0.1, -0.05) is 17.7 Å². The van der Waals surface area contributed by atoms with Crippen molar-refractivity contribution in [1.82, 2.24) is 15.2 Å². The number of carboxylic acids is 2. The summed E-state index contributed by atoms with van der Waals surface area (Å²) in [5, 5.41) is 22.4. The van der Waals surface area contributed by atoms with Gasteiger partial charge in [0, 0.05) is 13.1 Å². The minimum absolute atomic E-state index is 0.349. The van der Waals surface area contributed by atoms with Gasteiger partial charge in [0.05, 0.1) is 0 Å². The fraction of sp³-hybridized carbons (Fsp3) is 0.400. The van der Waals surface area contributed by atoms with Crippen LogP contribution in [0.5, 0.6) is 0 Å². The number of carbonyl (C=O) groups is 2. The summed E-state index contributed by atoms with van der Waals surface area (Å²) in [7, 11) is 2.06. The molecule has 0 saturated heterocycles. The number of aliphatic carboxylic acids is 2. The zero-order chi connectivity index (χ0) is 14.4. The average molecular weight is 290 g/mol. The van der Waals surface area contributed by atoms with Gasteiger partial charge in [-0.2, -0.15) is 0 Å². The van der Waals surface area contributed by atoms with Crippen molar-refractivity contribution in [3.8, 4) is 0 Å². The van der Waals surface area contributed by atoms with Crippen molar-refractivity contribution < 1.29 is 24.4 Å². The average Bonchev–Trinajstić information content (AvgIpc) is 2.76. The Morgan fingerprint density at radius 3 is 2.42 bits per heavy atom. The number of likely N-dealkylation sites (N-methyl/N-ethyl adjacent to an activating group) is 1. The van der Waals surface area contributed by atoms with Gasteiger partial charge in [0.1, 0.15) is 0 Å². The van der Waals surface area contributed by atoms with Gasteiger partial charge in [0.2, 0.25) is 5.15 Å². The predicted molar refractivity (Wildman–Crippen MR) is 64.7 cm³/mol. The van der Waals surface area contributed by atoms with E-state index < -0.39 is 11.9 Å². The lowest BCUT2D eigenvalue weighted by atomic mass is 10.1. The summed E-state index contributed by atoms with van der Waals surface area (Å²) in [4.78, 5) is 20.4. The van der Waals surface area contributed by atoms with Gasteiger partial charge in [-0.3, -0.25) is 0 Å². The molecule has 1 aliphatic heterocycles. The van der Waals surface area contributed by atoms with Gasteiger partial charge >= 0.3 is 11.9 Å². The highest BCUT2D eigenvalue weighted by molar-refractivity contribution is 6.30. The first kappa shape index (κ1) is 15.1. The lowest BCUT2D eigenvalue weighted by Gasteiger charge is -2.21. The molecule has 1 aromatic heterocycles. The number of hydrogen-bond acceptors (Lipinski definition) is 6. The van der Waals surface area contributed by atoms with Crippen LogP contribution in [0.1, 0.15) is 12.1 Å². The molecule has 2 N–H and O–H groups in total. The van der Waals surface area contributed by atoms with Gasteiger partial charge in [0.15, 0.2) is 5.69 Å². The maximum atomic E-state index is 9.10. The summed E-state index contributed by atoms with van der Waals surface area (Å²) in [6.45, 7) is 1.93. The second-order valence-electron chi connectivity index (χ2n) is 3.77. The van der Waals surface area contributed by atoms with E-state index in [1.807, 2.05) is 0 Å². The Morgan fingerprint density at radius 1 is 1.37 bits per heavy atom. The van der Waals surface area contributed by atoms with Crippen LogP contribution < -0.4 is 0 Å². The fourth-order valence-electron chi connectivity index (χ4n) is 1.43. The molecule has 104 valence electrons. The monoisotopic (exact) mass is 289 g/mol. The van der Waals surface area contributed by atoms with Crippen molar-refractivity contribution in [1.29, 1.82) is 0 Å². The fourth-order valence-corrected chi connectivity index (χ4v) is 1.62. The second-order valence-corrected chi connectivity index (χ2v) is 4.13. The first-order valence-corrected chi connectivity index (χ1v) is 5.61. The zero-order valence-corrected chi connectivity index (χ0v) is 10.8. The normalized spacial score (nSPS) is 15.2. The van der Waals surface area contributed by atoms with Crippen LogP contribution >= 0.6 is 11.6 Å². The summed E-state index contributed by atoms with van der Waals surface area (Å²) in [5.74, 6) is -3.65. The van der Waals surface area contributed by atoms with Gasteiger partial charge in [0.25, 0.3) is 0 Å². The number of rotatable bonds is 1. The van der Waals surface area contributed by atoms with Crippen LogP contribution in [0.25, 0.3) is 5.57 Å². The molecule has 0 atom stereocenters. The largest absolute Gasteiger partial charge is 0.473 e. The van der Waals surface area contributed by atoms with Crippen LogP contribution in [0.15, 0.2) is 10.7 Å². The quantitative estimate of drug-likeness (QED) is 0.722. The van der Waals surface area contributed by atoms with Gasteiger partial charge in [-0.15, -0.1) is 0 Å². The Morgan fingerprint density at radius 2 is 2.00 bits per heavy atom. The highest BCUT2D eigenvalue weighted by Crippen LogP contribution is 2.23. The van der Waals surface area contributed by atoms with E-state index in [2.05, 4.69) is 33.0 Å². The topological polar surface area (TPSA) is 117 Å². The molecule has 0 aromatic carbocycles. The Hall–Kier alpha value is -1.93. The summed E-state index contributed by atoms with van der Waals surface area (Å²) in [6.07, 6.45) is 3.15. The SMILES string of the molecule is CN1CCC=C(c2nonc2Cl)C1.O=C(O)C(=O)O. The van der Waals surface area contributed by atoms with Crippen LogP contribution in [-0.2, 0) is 9.59 Å². The highest BCUT2D eigenvalue weighted by Gasteiger charge is 2.16. The molecule has 0 radical (unpaired) electrons. The number of aromatic nitrogens is 2. The smallest absolute Gasteiger partial charge is 0.414 e. The van der Waals surface area contributed by atoms with Crippen LogP contribution in [-0.4, -0.2) is 57.5 Å². The molecule has 9 heteroatoms. The number of carboxylic acid groups (broad SMARTS) is 2. The van der Waals surface area contributed by atoms with Crippen molar-refractivity contribution in [3.05, 3.63) is 16.9 Å². The molecular formula is C10H12ClN3O5.